The van der Waals surface area contributed by atoms with Crippen LogP contribution in [0.3, 0.4) is 0 Å². The van der Waals surface area contributed by atoms with Gasteiger partial charge in [-0.1, -0.05) is 0 Å². The number of fused-ring (bicyclic) bond motifs is 1. The molecule has 2 aliphatic heterocycles. The molecule has 2 heterocycles. The summed E-state index contributed by atoms with van der Waals surface area (Å²) in [5.41, 5.74) is -0.148. The Morgan fingerprint density at radius 1 is 1.09 bits per heavy atom. The Morgan fingerprint density at radius 3 is 2.35 bits per heavy atom. The number of carbonyl (C=O) groups excluding carboxylic acids is 4. The molecule has 0 bridgehead atoms. The van der Waals surface area contributed by atoms with Crippen LogP contribution in [-0.4, -0.2) is 43.0 Å². The summed E-state index contributed by atoms with van der Waals surface area (Å²) >= 11 is 0. The minimum atomic E-state index is -4.06. The van der Waals surface area contributed by atoms with Gasteiger partial charge in [-0.05, 0) is 24.6 Å². The summed E-state index contributed by atoms with van der Waals surface area (Å²) in [5, 5.41) is 2.07. The molecule has 1 aromatic carbocycles. The van der Waals surface area contributed by atoms with E-state index in [1.54, 1.807) is 0 Å². The van der Waals surface area contributed by atoms with E-state index in [4.69, 9.17) is 10.7 Å². The third-order valence-corrected chi connectivity index (χ3v) is 5.04. The predicted octanol–water partition coefficient (Wildman–Crippen LogP) is 0.0153. The second-order valence-electron chi connectivity index (χ2n) is 5.09. The Balaban J connectivity index is 2.01. The van der Waals surface area contributed by atoms with Crippen molar-refractivity contribution in [2.24, 2.45) is 0 Å². The molecule has 1 unspecified atom stereocenters. The van der Waals surface area contributed by atoms with Crippen LogP contribution in [0.2, 0.25) is 0 Å². The van der Waals surface area contributed by atoms with Gasteiger partial charge in [-0.15, -0.1) is 0 Å². The number of hydrogen-bond donors (Lipinski definition) is 1. The zero-order chi connectivity index (χ0) is 16.9. The van der Waals surface area contributed by atoms with Crippen molar-refractivity contribution in [1.29, 1.82) is 0 Å². The third kappa shape index (κ3) is 2.51. The van der Waals surface area contributed by atoms with E-state index in [1.807, 2.05) is 0 Å². The highest BCUT2D eigenvalue weighted by Crippen LogP contribution is 2.30. The smallest absolute Gasteiger partial charge is 0.262 e. The monoisotopic (exact) mass is 356 g/mol. The first-order valence-electron chi connectivity index (χ1n) is 6.50. The molecule has 1 atom stereocenters. The molecule has 8 nitrogen and oxygen atoms in total. The lowest BCUT2D eigenvalue weighted by Crippen LogP contribution is -2.54. The summed E-state index contributed by atoms with van der Waals surface area (Å²) in [6.07, 6.45) is 0.0297. The molecule has 23 heavy (non-hydrogen) atoms. The van der Waals surface area contributed by atoms with Crippen molar-refractivity contribution in [2.45, 2.75) is 23.8 Å². The largest absolute Gasteiger partial charge is 0.295 e. The Bertz CT molecular complexity index is 878. The molecule has 3 rings (SSSR count). The first kappa shape index (κ1) is 15.6. The molecular formula is C13H9ClN2O6S. The number of nitrogens with one attached hydrogen (secondary N) is 1. The SMILES string of the molecule is O=C1CCC(N2C(=O)c3ccc(S(=O)(=O)Cl)cc3C2=O)C(=O)N1. The van der Waals surface area contributed by atoms with Gasteiger partial charge in [0.15, 0.2) is 0 Å². The molecule has 0 aliphatic carbocycles. The van der Waals surface area contributed by atoms with Gasteiger partial charge in [0.05, 0.1) is 16.0 Å². The number of piperidine rings is 1. The van der Waals surface area contributed by atoms with E-state index in [0.717, 1.165) is 17.0 Å². The lowest BCUT2D eigenvalue weighted by Gasteiger charge is -2.27. The van der Waals surface area contributed by atoms with Crippen molar-refractivity contribution in [3.8, 4) is 0 Å². The molecule has 10 heteroatoms. The zero-order valence-corrected chi connectivity index (χ0v) is 13.0. The number of imide groups is 2. The maximum Gasteiger partial charge on any atom is 0.262 e. The van der Waals surface area contributed by atoms with E-state index in [1.165, 1.54) is 6.07 Å². The third-order valence-electron chi connectivity index (χ3n) is 3.69. The number of rotatable bonds is 2. The summed E-state index contributed by atoms with van der Waals surface area (Å²) in [6, 6.07) is 2.19. The van der Waals surface area contributed by atoms with Gasteiger partial charge >= 0.3 is 0 Å². The standard InChI is InChI=1S/C13H9ClN2O6S/c14-23(21,22)6-1-2-7-8(5-6)13(20)16(12(7)19)9-3-4-10(17)15-11(9)18/h1-2,5,9H,3-4H2,(H,15,17,18). The summed E-state index contributed by atoms with van der Waals surface area (Å²) < 4.78 is 22.7. The summed E-state index contributed by atoms with van der Waals surface area (Å²) in [5.74, 6) is -2.71. The molecule has 120 valence electrons. The molecule has 1 fully saturated rings. The summed E-state index contributed by atoms with van der Waals surface area (Å²) in [6.45, 7) is 0. The topological polar surface area (TPSA) is 118 Å². The molecule has 2 aliphatic rings. The van der Waals surface area contributed by atoms with Crippen LogP contribution >= 0.6 is 10.7 Å². The summed E-state index contributed by atoms with van der Waals surface area (Å²) in [4.78, 5) is 48.2. The van der Waals surface area contributed by atoms with Crippen LogP contribution in [0.5, 0.6) is 0 Å². The van der Waals surface area contributed by atoms with Gasteiger partial charge in [0.2, 0.25) is 11.8 Å². The molecular weight excluding hydrogens is 348 g/mol. The van der Waals surface area contributed by atoms with E-state index in [9.17, 15) is 27.6 Å². The number of carbonyl (C=O) groups is 4. The van der Waals surface area contributed by atoms with Crippen LogP contribution in [0, 0.1) is 0 Å². The number of amides is 4. The lowest BCUT2D eigenvalue weighted by atomic mass is 10.0. The Morgan fingerprint density at radius 2 is 1.74 bits per heavy atom. The van der Waals surface area contributed by atoms with Crippen LogP contribution in [0.1, 0.15) is 33.6 Å². The maximum absolute atomic E-state index is 12.4. The van der Waals surface area contributed by atoms with E-state index in [0.29, 0.717) is 0 Å². The average Bonchev–Trinajstić information content (AvgIpc) is 2.71. The van der Waals surface area contributed by atoms with Crippen LogP contribution in [0.25, 0.3) is 0 Å². The van der Waals surface area contributed by atoms with E-state index < -0.39 is 38.7 Å². The van der Waals surface area contributed by atoms with Crippen molar-refractivity contribution in [3.63, 3.8) is 0 Å². The first-order valence-corrected chi connectivity index (χ1v) is 8.81. The molecule has 0 saturated carbocycles. The fourth-order valence-electron chi connectivity index (χ4n) is 2.60. The Kier molecular flexibility index (Phi) is 3.49. The van der Waals surface area contributed by atoms with E-state index in [2.05, 4.69) is 5.32 Å². The van der Waals surface area contributed by atoms with Crippen molar-refractivity contribution >= 4 is 43.4 Å². The lowest BCUT2D eigenvalue weighted by molar-refractivity contribution is -0.136. The fourth-order valence-corrected chi connectivity index (χ4v) is 3.38. The number of nitrogens with zero attached hydrogens (tertiary/aromatic N) is 1. The van der Waals surface area contributed by atoms with Gasteiger partial charge < -0.3 is 0 Å². The van der Waals surface area contributed by atoms with E-state index >= 15 is 0 Å². The van der Waals surface area contributed by atoms with Gasteiger partial charge in [0.1, 0.15) is 6.04 Å². The molecule has 0 radical (unpaired) electrons. The van der Waals surface area contributed by atoms with Crippen molar-refractivity contribution < 1.29 is 27.6 Å². The average molecular weight is 357 g/mol. The second-order valence-corrected chi connectivity index (χ2v) is 7.66. The normalized spacial score (nSPS) is 21.4. The van der Waals surface area contributed by atoms with Crippen molar-refractivity contribution in [1.82, 2.24) is 10.2 Å². The Hall–Kier alpha value is -2.26. The molecule has 1 N–H and O–H groups in total. The fraction of sp³-hybridized carbons (Fsp3) is 0.231. The predicted molar refractivity (Wildman–Crippen MR) is 76.2 cm³/mol. The van der Waals surface area contributed by atoms with Gasteiger partial charge in [-0.3, -0.25) is 29.4 Å². The molecule has 0 spiro atoms. The van der Waals surface area contributed by atoms with Gasteiger partial charge in [0, 0.05) is 17.1 Å². The minimum absolute atomic E-state index is 0.00508. The molecule has 1 aromatic rings. The zero-order valence-electron chi connectivity index (χ0n) is 11.4. The van der Waals surface area contributed by atoms with Crippen LogP contribution in [0.4, 0.5) is 0 Å². The quantitative estimate of drug-likeness (QED) is 0.589. The van der Waals surface area contributed by atoms with Gasteiger partial charge in [0.25, 0.3) is 20.9 Å². The van der Waals surface area contributed by atoms with E-state index in [-0.39, 0.29) is 28.9 Å². The number of benzene rings is 1. The first-order chi connectivity index (χ1) is 10.7. The van der Waals surface area contributed by atoms with Crippen molar-refractivity contribution in [3.05, 3.63) is 29.3 Å². The highest BCUT2D eigenvalue weighted by Gasteiger charge is 2.44. The highest BCUT2D eigenvalue weighted by atomic mass is 35.7. The van der Waals surface area contributed by atoms with Crippen LogP contribution in [0.15, 0.2) is 23.1 Å². The van der Waals surface area contributed by atoms with Crippen LogP contribution < -0.4 is 5.32 Å². The van der Waals surface area contributed by atoms with Gasteiger partial charge in [-0.25, -0.2) is 8.42 Å². The molecule has 0 aromatic heterocycles. The molecule has 4 amide bonds. The number of hydrogen-bond acceptors (Lipinski definition) is 6. The molecule has 1 saturated heterocycles. The van der Waals surface area contributed by atoms with Crippen molar-refractivity contribution in [2.75, 3.05) is 0 Å². The minimum Gasteiger partial charge on any atom is -0.295 e. The van der Waals surface area contributed by atoms with Crippen LogP contribution in [-0.2, 0) is 18.6 Å². The Labute approximate surface area is 134 Å². The second kappa shape index (κ2) is 5.14. The maximum atomic E-state index is 12.4. The highest BCUT2D eigenvalue weighted by molar-refractivity contribution is 8.13. The van der Waals surface area contributed by atoms with Gasteiger partial charge in [-0.2, -0.15) is 0 Å². The number of halogens is 1. The summed E-state index contributed by atoms with van der Waals surface area (Å²) in [7, 11) is 1.17.